The van der Waals surface area contributed by atoms with Crippen LogP contribution in [0.25, 0.3) is 6.08 Å². The lowest BCUT2D eigenvalue weighted by Gasteiger charge is -2.12. The number of esters is 1. The average Bonchev–Trinajstić information content (AvgIpc) is 2.89. The highest BCUT2D eigenvalue weighted by Gasteiger charge is 2.28. The number of rotatable bonds is 4. The Morgan fingerprint density at radius 3 is 2.76 bits per heavy atom. The van der Waals surface area contributed by atoms with Crippen molar-refractivity contribution in [1.82, 2.24) is 0 Å². The first kappa shape index (κ1) is 17.0. The van der Waals surface area contributed by atoms with Crippen LogP contribution in [0.5, 0.6) is 11.5 Å². The van der Waals surface area contributed by atoms with E-state index in [9.17, 15) is 9.59 Å². The Balaban J connectivity index is 1.83. The van der Waals surface area contributed by atoms with Crippen molar-refractivity contribution in [3.8, 4) is 11.5 Å². The summed E-state index contributed by atoms with van der Waals surface area (Å²) in [5.74, 6) is 0.290. The Bertz CT molecular complexity index is 872. The number of allylic oxidation sites excluding steroid dienone is 1. The fraction of sp³-hybridized carbons (Fsp3) is 0.158. The molecule has 1 heterocycles. The van der Waals surface area contributed by atoms with Crippen molar-refractivity contribution in [2.45, 2.75) is 13.0 Å². The molecule has 0 radical (unpaired) electrons. The van der Waals surface area contributed by atoms with E-state index >= 15 is 0 Å². The van der Waals surface area contributed by atoms with Crippen molar-refractivity contribution in [1.29, 1.82) is 0 Å². The zero-order chi connectivity index (χ0) is 18.0. The summed E-state index contributed by atoms with van der Waals surface area (Å²) in [6.07, 6.45) is 0.868. The van der Waals surface area contributed by atoms with Gasteiger partial charge in [0.2, 0.25) is 5.78 Å². The molecule has 0 aromatic heterocycles. The number of Topliss-reactive ketones (excluding diaryl/α,β-unsaturated/α-hetero) is 1. The quantitative estimate of drug-likeness (QED) is 0.612. The monoisotopic (exact) mass is 358 g/mol. The Morgan fingerprint density at radius 2 is 2.04 bits per heavy atom. The molecule has 2 aromatic rings. The maximum Gasteiger partial charge on any atom is 0.346 e. The van der Waals surface area contributed by atoms with E-state index in [1.807, 2.05) is 6.07 Å². The number of ketones is 1. The molecule has 0 amide bonds. The van der Waals surface area contributed by atoms with Gasteiger partial charge in [-0.25, -0.2) is 4.79 Å². The smallest absolute Gasteiger partial charge is 0.346 e. The first-order chi connectivity index (χ1) is 12.0. The van der Waals surface area contributed by atoms with Gasteiger partial charge in [-0.15, -0.1) is 0 Å². The van der Waals surface area contributed by atoms with E-state index in [1.54, 1.807) is 49.4 Å². The van der Waals surface area contributed by atoms with Crippen LogP contribution in [-0.4, -0.2) is 25.0 Å². The van der Waals surface area contributed by atoms with Gasteiger partial charge in [0.25, 0.3) is 0 Å². The van der Waals surface area contributed by atoms with Gasteiger partial charge in [-0.3, -0.25) is 4.79 Å². The number of fused-ring (bicyclic) bond motifs is 1. The zero-order valence-electron chi connectivity index (χ0n) is 13.6. The molecule has 128 valence electrons. The minimum absolute atomic E-state index is 0.204. The topological polar surface area (TPSA) is 61.8 Å². The lowest BCUT2D eigenvalue weighted by atomic mass is 10.1. The lowest BCUT2D eigenvalue weighted by molar-refractivity contribution is -0.147. The van der Waals surface area contributed by atoms with Gasteiger partial charge in [0.1, 0.15) is 11.5 Å². The molecule has 0 saturated heterocycles. The van der Waals surface area contributed by atoms with E-state index in [0.717, 1.165) is 5.56 Å². The number of hydrogen-bond acceptors (Lipinski definition) is 5. The largest absolute Gasteiger partial charge is 0.479 e. The highest BCUT2D eigenvalue weighted by atomic mass is 35.5. The van der Waals surface area contributed by atoms with Gasteiger partial charge in [0.05, 0.1) is 12.7 Å². The first-order valence-corrected chi connectivity index (χ1v) is 7.94. The van der Waals surface area contributed by atoms with Crippen LogP contribution in [0, 0.1) is 0 Å². The van der Waals surface area contributed by atoms with Crippen LogP contribution in [0.15, 0.2) is 48.2 Å². The first-order valence-electron chi connectivity index (χ1n) is 7.56. The van der Waals surface area contributed by atoms with Crippen LogP contribution < -0.4 is 9.47 Å². The van der Waals surface area contributed by atoms with Crippen LogP contribution >= 0.6 is 11.6 Å². The SMILES string of the molecule is COC(=O)[C@H](C)Oc1ccc2c(c1)O/C(=C\c1cccc(Cl)c1)C2=O. The highest BCUT2D eigenvalue weighted by molar-refractivity contribution is 6.30. The maximum absolute atomic E-state index is 12.4. The molecule has 0 fully saturated rings. The minimum atomic E-state index is -0.762. The van der Waals surface area contributed by atoms with E-state index in [1.165, 1.54) is 7.11 Å². The van der Waals surface area contributed by atoms with Gasteiger partial charge >= 0.3 is 5.97 Å². The molecule has 25 heavy (non-hydrogen) atoms. The Labute approximate surface area is 149 Å². The fourth-order valence-electron chi connectivity index (χ4n) is 2.41. The standard InChI is InChI=1S/C19H15ClO5/c1-11(19(22)23-2)24-14-6-7-15-16(10-14)25-17(18(15)21)9-12-4-3-5-13(20)8-12/h3-11H,1-2H3/b17-9-/t11-/m0/s1. The van der Waals surface area contributed by atoms with Gasteiger partial charge in [-0.2, -0.15) is 0 Å². The van der Waals surface area contributed by atoms with Crippen molar-refractivity contribution in [2.75, 3.05) is 7.11 Å². The number of halogens is 1. The molecule has 0 unspecified atom stereocenters. The highest BCUT2D eigenvalue weighted by Crippen LogP contribution is 2.35. The van der Waals surface area contributed by atoms with Crippen LogP contribution in [0.1, 0.15) is 22.8 Å². The van der Waals surface area contributed by atoms with Crippen molar-refractivity contribution in [2.24, 2.45) is 0 Å². The lowest BCUT2D eigenvalue weighted by Crippen LogP contribution is -2.24. The van der Waals surface area contributed by atoms with E-state index in [2.05, 4.69) is 4.74 Å². The molecule has 1 aliphatic rings. The number of carbonyl (C=O) groups is 2. The second kappa shape index (κ2) is 6.99. The zero-order valence-corrected chi connectivity index (χ0v) is 14.4. The van der Waals surface area contributed by atoms with Gasteiger partial charge in [0, 0.05) is 11.1 Å². The van der Waals surface area contributed by atoms with E-state index in [-0.39, 0.29) is 11.5 Å². The Morgan fingerprint density at radius 1 is 1.24 bits per heavy atom. The van der Waals surface area contributed by atoms with Crippen molar-refractivity contribution in [3.05, 3.63) is 64.4 Å². The Kier molecular flexibility index (Phi) is 4.76. The van der Waals surface area contributed by atoms with Crippen molar-refractivity contribution >= 4 is 29.4 Å². The third-order valence-corrected chi connectivity index (χ3v) is 3.87. The summed E-state index contributed by atoms with van der Waals surface area (Å²) in [6, 6.07) is 11.9. The predicted octanol–water partition coefficient (Wildman–Crippen LogP) is 3.90. The molecule has 0 saturated carbocycles. The van der Waals surface area contributed by atoms with Gasteiger partial charge in [-0.05, 0) is 42.8 Å². The summed E-state index contributed by atoms with van der Waals surface area (Å²) in [4.78, 5) is 23.9. The van der Waals surface area contributed by atoms with Crippen molar-refractivity contribution in [3.63, 3.8) is 0 Å². The van der Waals surface area contributed by atoms with Crippen LogP contribution in [-0.2, 0) is 9.53 Å². The van der Waals surface area contributed by atoms with E-state index < -0.39 is 12.1 Å². The molecule has 5 nitrogen and oxygen atoms in total. The van der Waals surface area contributed by atoms with Crippen LogP contribution in [0.3, 0.4) is 0 Å². The van der Waals surface area contributed by atoms with Crippen molar-refractivity contribution < 1.29 is 23.8 Å². The van der Waals surface area contributed by atoms with E-state index in [4.69, 9.17) is 21.1 Å². The van der Waals surface area contributed by atoms with Gasteiger partial charge in [-0.1, -0.05) is 23.7 Å². The number of benzene rings is 2. The fourth-order valence-corrected chi connectivity index (χ4v) is 2.61. The number of methoxy groups -OCH3 is 1. The van der Waals surface area contributed by atoms with Crippen LogP contribution in [0.4, 0.5) is 0 Å². The molecule has 0 N–H and O–H groups in total. The normalized spacial score (nSPS) is 15.5. The Hall–Kier alpha value is -2.79. The molecule has 1 atom stereocenters. The van der Waals surface area contributed by atoms with Crippen LogP contribution in [0.2, 0.25) is 5.02 Å². The van der Waals surface area contributed by atoms with Gasteiger partial charge in [0.15, 0.2) is 11.9 Å². The third-order valence-electron chi connectivity index (χ3n) is 3.63. The minimum Gasteiger partial charge on any atom is -0.479 e. The molecule has 0 aliphatic carbocycles. The molecular formula is C19H15ClO5. The third kappa shape index (κ3) is 3.67. The second-order valence-electron chi connectivity index (χ2n) is 5.44. The number of ether oxygens (including phenoxy) is 3. The van der Waals surface area contributed by atoms with Gasteiger partial charge < -0.3 is 14.2 Å². The summed E-state index contributed by atoms with van der Waals surface area (Å²) in [5, 5.41) is 0.574. The maximum atomic E-state index is 12.4. The molecular weight excluding hydrogens is 344 g/mol. The molecule has 1 aliphatic heterocycles. The summed E-state index contributed by atoms with van der Waals surface area (Å²) in [6.45, 7) is 1.58. The van der Waals surface area contributed by atoms with E-state index in [0.29, 0.717) is 22.1 Å². The summed E-state index contributed by atoms with van der Waals surface area (Å²) < 4.78 is 15.8. The molecule has 6 heteroatoms. The molecule has 3 rings (SSSR count). The average molecular weight is 359 g/mol. The second-order valence-corrected chi connectivity index (χ2v) is 5.87. The summed E-state index contributed by atoms with van der Waals surface area (Å²) >= 11 is 5.95. The summed E-state index contributed by atoms with van der Waals surface area (Å²) in [7, 11) is 1.29. The molecule has 0 spiro atoms. The molecule has 2 aromatic carbocycles. The number of carbonyl (C=O) groups excluding carboxylic acids is 2. The predicted molar refractivity (Wildman–Crippen MR) is 92.9 cm³/mol. The summed E-state index contributed by atoms with van der Waals surface area (Å²) in [5.41, 5.74) is 1.20. The molecule has 0 bridgehead atoms. The number of hydrogen-bond donors (Lipinski definition) is 0.